The Hall–Kier alpha value is -1.24. The average Bonchev–Trinajstić information content (AvgIpc) is 2.16. The van der Waals surface area contributed by atoms with Crippen LogP contribution in [0.25, 0.3) is 0 Å². The number of rotatable bonds is 1. The van der Waals surface area contributed by atoms with Crippen molar-refractivity contribution in [2.75, 3.05) is 0 Å². The van der Waals surface area contributed by atoms with E-state index in [4.69, 9.17) is 0 Å². The van der Waals surface area contributed by atoms with Gasteiger partial charge in [0.15, 0.2) is 0 Å². The van der Waals surface area contributed by atoms with Crippen LogP contribution < -0.4 is 0 Å². The van der Waals surface area contributed by atoms with E-state index in [1.807, 2.05) is 36.5 Å². The van der Waals surface area contributed by atoms with Crippen LogP contribution in [0.5, 0.6) is 0 Å². The van der Waals surface area contributed by atoms with Gasteiger partial charge in [-0.15, -0.1) is 0 Å². The van der Waals surface area contributed by atoms with E-state index in [9.17, 15) is 0 Å². The van der Waals surface area contributed by atoms with Crippen LogP contribution in [-0.4, -0.2) is 4.98 Å². The lowest BCUT2D eigenvalue weighted by Gasteiger charge is -1.87. The number of aromatic amines is 1. The summed E-state index contributed by atoms with van der Waals surface area (Å²) >= 11 is 0. The van der Waals surface area contributed by atoms with Gasteiger partial charge in [0.05, 0.1) is 0 Å². The van der Waals surface area contributed by atoms with Crippen LogP contribution >= 0.6 is 0 Å². The fourth-order valence-electron chi connectivity index (χ4n) is 0.843. The van der Waals surface area contributed by atoms with E-state index in [1.165, 1.54) is 5.69 Å². The molecule has 1 aromatic rings. The van der Waals surface area contributed by atoms with Crippen molar-refractivity contribution in [1.29, 1.82) is 0 Å². The zero-order valence-corrected chi connectivity index (χ0v) is 6.75. The van der Waals surface area contributed by atoms with Gasteiger partial charge in [-0.3, -0.25) is 0 Å². The maximum absolute atomic E-state index is 3.19. The molecular weight excluding hydrogens is 134 g/mol. The molecule has 0 radical (unpaired) electrons. The van der Waals surface area contributed by atoms with Gasteiger partial charge >= 0.3 is 0 Å². The molecule has 1 rings (SSSR count). The molecular formula is C10H13N. The van der Waals surface area contributed by atoms with Crippen LogP contribution in [0.15, 0.2) is 42.6 Å². The van der Waals surface area contributed by atoms with Crippen molar-refractivity contribution in [3.63, 3.8) is 0 Å². The van der Waals surface area contributed by atoms with Gasteiger partial charge in [-0.05, 0) is 18.6 Å². The molecule has 1 N–H and O–H groups in total. The first-order valence-electron chi connectivity index (χ1n) is 3.89. The molecule has 0 atom stereocenters. The van der Waals surface area contributed by atoms with Crippen molar-refractivity contribution in [2.45, 2.75) is 13.3 Å². The summed E-state index contributed by atoms with van der Waals surface area (Å²) in [6, 6.07) is 12.1. The van der Waals surface area contributed by atoms with Crippen LogP contribution in [0.4, 0.5) is 0 Å². The summed E-state index contributed by atoms with van der Waals surface area (Å²) in [7, 11) is 0. The first-order valence-corrected chi connectivity index (χ1v) is 3.89. The number of aromatic nitrogens is 1. The maximum Gasteiger partial charge on any atom is 0.0143 e. The summed E-state index contributed by atoms with van der Waals surface area (Å²) in [4.78, 5) is 3.19. The molecule has 0 aromatic carbocycles. The number of hydrogen-bond donors (Lipinski definition) is 1. The summed E-state index contributed by atoms with van der Waals surface area (Å²) in [5.74, 6) is 0. The van der Waals surface area contributed by atoms with Crippen LogP contribution in [0.3, 0.4) is 0 Å². The van der Waals surface area contributed by atoms with Crippen molar-refractivity contribution >= 4 is 0 Å². The van der Waals surface area contributed by atoms with E-state index in [2.05, 4.69) is 18.0 Å². The lowest BCUT2D eigenvalue weighted by Crippen LogP contribution is -1.78. The highest BCUT2D eigenvalue weighted by Gasteiger charge is 1.77. The lowest BCUT2D eigenvalue weighted by molar-refractivity contribution is 1.04. The Kier molecular flexibility index (Phi) is 3.26. The minimum Gasteiger partial charge on any atom is -0.365 e. The van der Waals surface area contributed by atoms with Gasteiger partial charge in [-0.25, -0.2) is 0 Å². The Morgan fingerprint density at radius 3 is 2.64 bits per heavy atom. The quantitative estimate of drug-likeness (QED) is 0.628. The topological polar surface area (TPSA) is 15.8 Å². The van der Waals surface area contributed by atoms with E-state index in [0.29, 0.717) is 0 Å². The molecule has 1 aromatic heterocycles. The van der Waals surface area contributed by atoms with Gasteiger partial charge in [0, 0.05) is 11.9 Å². The molecule has 0 unspecified atom stereocenters. The molecule has 0 aliphatic carbocycles. The highest BCUT2D eigenvalue weighted by atomic mass is 14.6. The molecule has 0 spiro atoms. The van der Waals surface area contributed by atoms with E-state index in [-0.39, 0.29) is 0 Å². The summed E-state index contributed by atoms with van der Waals surface area (Å²) in [6.07, 6.45) is 2.98. The van der Waals surface area contributed by atoms with Gasteiger partial charge in [0.1, 0.15) is 0 Å². The Labute approximate surface area is 67.4 Å². The van der Waals surface area contributed by atoms with Gasteiger partial charge in [0.2, 0.25) is 0 Å². The van der Waals surface area contributed by atoms with Crippen molar-refractivity contribution in [1.82, 2.24) is 4.98 Å². The largest absolute Gasteiger partial charge is 0.365 e. The molecule has 0 amide bonds. The van der Waals surface area contributed by atoms with Gasteiger partial charge < -0.3 is 4.98 Å². The van der Waals surface area contributed by atoms with Crippen LogP contribution in [0, 0.1) is 0 Å². The van der Waals surface area contributed by atoms with E-state index in [0.717, 1.165) is 6.42 Å². The zero-order chi connectivity index (χ0) is 7.94. The summed E-state index contributed by atoms with van der Waals surface area (Å²) in [6.45, 7) is 2.13. The second-order valence-electron chi connectivity index (χ2n) is 2.32. The number of aryl methyl sites for hydroxylation is 1. The van der Waals surface area contributed by atoms with Crippen LogP contribution in [0.1, 0.15) is 12.6 Å². The first kappa shape index (κ1) is 7.86. The van der Waals surface area contributed by atoms with Gasteiger partial charge in [-0.2, -0.15) is 0 Å². The fourth-order valence-corrected chi connectivity index (χ4v) is 0.843. The molecule has 0 fully saturated rings. The second-order valence-corrected chi connectivity index (χ2v) is 2.32. The van der Waals surface area contributed by atoms with Crippen molar-refractivity contribution in [3.05, 3.63) is 48.3 Å². The molecule has 0 saturated carbocycles. The smallest absolute Gasteiger partial charge is 0.0143 e. The third kappa shape index (κ3) is 2.89. The number of H-pyrrole nitrogens is 1. The summed E-state index contributed by atoms with van der Waals surface area (Å²) in [5, 5.41) is 0. The minimum absolute atomic E-state index is 1.04. The maximum atomic E-state index is 3.19. The predicted octanol–water partition coefficient (Wildman–Crippen LogP) is 2.70. The van der Waals surface area contributed by atoms with Gasteiger partial charge in [-0.1, -0.05) is 31.2 Å². The Bertz CT molecular complexity index is 225. The SMILES string of the molecule is CCc1ccccccc[nH]1. The average molecular weight is 147 g/mol. The molecule has 0 bridgehead atoms. The molecule has 11 heavy (non-hydrogen) atoms. The Balaban J connectivity index is 3.07. The van der Waals surface area contributed by atoms with Crippen LogP contribution in [0.2, 0.25) is 0 Å². The molecule has 0 saturated heterocycles. The zero-order valence-electron chi connectivity index (χ0n) is 6.75. The molecule has 0 aliphatic heterocycles. The first-order chi connectivity index (χ1) is 5.43. The number of hydrogen-bond acceptors (Lipinski definition) is 0. The standard InChI is InChI=1S/C10H13N/c1-2-10-8-6-4-3-5-7-9-11-10/h3-9,11H,2H2,1H3. The van der Waals surface area contributed by atoms with Gasteiger partial charge in [0.25, 0.3) is 0 Å². The monoisotopic (exact) mass is 147 g/mol. The molecule has 1 heterocycles. The molecule has 1 nitrogen and oxygen atoms in total. The third-order valence-corrected chi connectivity index (χ3v) is 1.49. The minimum atomic E-state index is 1.04. The highest BCUT2D eigenvalue weighted by Crippen LogP contribution is 1.90. The Morgan fingerprint density at radius 2 is 1.82 bits per heavy atom. The van der Waals surface area contributed by atoms with E-state index >= 15 is 0 Å². The van der Waals surface area contributed by atoms with E-state index in [1.54, 1.807) is 0 Å². The number of nitrogens with one attached hydrogen (secondary N) is 1. The Morgan fingerprint density at radius 1 is 1.09 bits per heavy atom. The molecule has 0 aliphatic rings. The van der Waals surface area contributed by atoms with E-state index < -0.39 is 0 Å². The van der Waals surface area contributed by atoms with Crippen molar-refractivity contribution < 1.29 is 0 Å². The predicted molar refractivity (Wildman–Crippen MR) is 47.8 cm³/mol. The normalized spacial score (nSPS) is 8.82. The molecule has 1 heteroatoms. The summed E-state index contributed by atoms with van der Waals surface area (Å²) in [5.41, 5.74) is 1.24. The van der Waals surface area contributed by atoms with Crippen LogP contribution in [-0.2, 0) is 6.42 Å². The fraction of sp³-hybridized carbons (Fsp3) is 0.200. The highest BCUT2D eigenvalue weighted by molar-refractivity contribution is 5.02. The third-order valence-electron chi connectivity index (χ3n) is 1.49. The second kappa shape index (κ2) is 4.56. The van der Waals surface area contributed by atoms with Crippen molar-refractivity contribution in [3.8, 4) is 0 Å². The van der Waals surface area contributed by atoms with Crippen molar-refractivity contribution in [2.24, 2.45) is 0 Å². The summed E-state index contributed by atoms with van der Waals surface area (Å²) < 4.78 is 0. The lowest BCUT2D eigenvalue weighted by atomic mass is 10.3. The molecule has 58 valence electrons.